The zero-order valence-corrected chi connectivity index (χ0v) is 13.1. The Balaban J connectivity index is 2.92. The first-order chi connectivity index (χ1) is 9.05. The third kappa shape index (κ3) is 4.63. The van der Waals surface area contributed by atoms with Gasteiger partial charge in [-0.1, -0.05) is 44.5 Å². The molecule has 1 N–H and O–H groups in total. The normalized spacial score (nSPS) is 13.5. The van der Waals surface area contributed by atoms with E-state index in [1.165, 1.54) is 17.5 Å². The highest BCUT2D eigenvalue weighted by atomic mass is 16.5. The highest BCUT2D eigenvalue weighted by Crippen LogP contribution is 2.29. The molecule has 0 aliphatic rings. The largest absolute Gasteiger partial charge is 0.374 e. The van der Waals surface area contributed by atoms with Crippen molar-refractivity contribution in [2.45, 2.75) is 59.1 Å². The summed E-state index contributed by atoms with van der Waals surface area (Å²) < 4.78 is 5.91. The quantitative estimate of drug-likeness (QED) is 0.762. The van der Waals surface area contributed by atoms with Gasteiger partial charge in [0.2, 0.25) is 0 Å². The van der Waals surface area contributed by atoms with Gasteiger partial charge in [-0.3, -0.25) is 0 Å². The van der Waals surface area contributed by atoms with Gasteiger partial charge in [0.25, 0.3) is 0 Å². The van der Waals surface area contributed by atoms with Gasteiger partial charge in [-0.15, -0.1) is 0 Å². The Kier molecular flexibility index (Phi) is 6.53. The number of hydrogen-bond donors (Lipinski definition) is 1. The lowest BCUT2D eigenvalue weighted by atomic mass is 9.90. The summed E-state index contributed by atoms with van der Waals surface area (Å²) >= 11 is 0. The van der Waals surface area contributed by atoms with Crippen molar-refractivity contribution in [3.05, 3.63) is 35.4 Å². The van der Waals surface area contributed by atoms with Crippen LogP contribution in [0.3, 0.4) is 0 Å². The molecule has 0 aliphatic heterocycles. The second-order valence-corrected chi connectivity index (χ2v) is 5.52. The van der Waals surface area contributed by atoms with E-state index in [4.69, 9.17) is 4.74 Å². The smallest absolute Gasteiger partial charge is 0.0820 e. The average molecular weight is 263 g/mol. The fourth-order valence-electron chi connectivity index (χ4n) is 2.59. The molecule has 1 aromatic rings. The van der Waals surface area contributed by atoms with Crippen molar-refractivity contribution in [1.82, 2.24) is 5.32 Å². The number of rotatable bonds is 8. The molecule has 0 radical (unpaired) electrons. The van der Waals surface area contributed by atoms with Crippen LogP contribution in [0.15, 0.2) is 24.3 Å². The van der Waals surface area contributed by atoms with Crippen LogP contribution >= 0.6 is 0 Å². The molecular weight excluding hydrogens is 234 g/mol. The van der Waals surface area contributed by atoms with Crippen LogP contribution in [-0.2, 0) is 11.2 Å². The van der Waals surface area contributed by atoms with Crippen LogP contribution in [0.1, 0.15) is 58.2 Å². The molecule has 2 heteroatoms. The highest BCUT2D eigenvalue weighted by molar-refractivity contribution is 5.27. The predicted octanol–water partition coefficient (Wildman–Crippen LogP) is 4.10. The zero-order valence-electron chi connectivity index (χ0n) is 13.1. The summed E-state index contributed by atoms with van der Waals surface area (Å²) in [6.07, 6.45) is 2.35. The van der Waals surface area contributed by atoms with Crippen LogP contribution in [0.2, 0.25) is 0 Å². The van der Waals surface area contributed by atoms with Crippen LogP contribution in [0, 0.1) is 0 Å². The Labute approximate surface area is 118 Å². The van der Waals surface area contributed by atoms with Gasteiger partial charge in [0.1, 0.15) is 0 Å². The third-order valence-electron chi connectivity index (χ3n) is 3.47. The fraction of sp³-hybridized carbons (Fsp3) is 0.647. The van der Waals surface area contributed by atoms with E-state index in [1.54, 1.807) is 0 Å². The first kappa shape index (κ1) is 16.2. The summed E-state index contributed by atoms with van der Waals surface area (Å²) in [6.45, 7) is 12.4. The number of ether oxygens (including phenoxy) is 1. The first-order valence-electron chi connectivity index (χ1n) is 7.51. The van der Waals surface area contributed by atoms with Crippen molar-refractivity contribution < 1.29 is 4.74 Å². The number of benzene rings is 1. The van der Waals surface area contributed by atoms with E-state index in [-0.39, 0.29) is 11.6 Å². The van der Waals surface area contributed by atoms with Crippen LogP contribution in [0.4, 0.5) is 0 Å². The van der Waals surface area contributed by atoms with Gasteiger partial charge in [-0.2, -0.15) is 0 Å². The summed E-state index contributed by atoms with van der Waals surface area (Å²) in [7, 11) is 0. The van der Waals surface area contributed by atoms with Crippen LogP contribution < -0.4 is 5.32 Å². The fourth-order valence-corrected chi connectivity index (χ4v) is 2.59. The van der Waals surface area contributed by atoms with Gasteiger partial charge in [0.15, 0.2) is 0 Å². The molecule has 1 atom stereocenters. The lowest BCUT2D eigenvalue weighted by Crippen LogP contribution is -2.41. The van der Waals surface area contributed by atoms with E-state index in [2.05, 4.69) is 64.2 Å². The first-order valence-corrected chi connectivity index (χ1v) is 7.51. The molecule has 1 rings (SSSR count). The van der Waals surface area contributed by atoms with Crippen molar-refractivity contribution in [3.8, 4) is 0 Å². The van der Waals surface area contributed by atoms with E-state index >= 15 is 0 Å². The van der Waals surface area contributed by atoms with Crippen molar-refractivity contribution >= 4 is 0 Å². The van der Waals surface area contributed by atoms with Crippen molar-refractivity contribution in [3.63, 3.8) is 0 Å². The molecule has 0 saturated heterocycles. The van der Waals surface area contributed by atoms with Gasteiger partial charge in [-0.05, 0) is 44.9 Å². The highest BCUT2D eigenvalue weighted by Gasteiger charge is 2.30. The van der Waals surface area contributed by atoms with Crippen molar-refractivity contribution in [2.24, 2.45) is 0 Å². The lowest BCUT2D eigenvalue weighted by molar-refractivity contribution is -0.0388. The molecule has 0 aliphatic carbocycles. The maximum Gasteiger partial charge on any atom is 0.0820 e. The zero-order chi connectivity index (χ0) is 14.3. The summed E-state index contributed by atoms with van der Waals surface area (Å²) in [5, 5.41) is 3.55. The summed E-state index contributed by atoms with van der Waals surface area (Å²) in [4.78, 5) is 0. The van der Waals surface area contributed by atoms with Gasteiger partial charge in [-0.25, -0.2) is 0 Å². The minimum atomic E-state index is -0.197. The molecular formula is C17H29NO. The third-order valence-corrected chi connectivity index (χ3v) is 3.47. The Morgan fingerprint density at radius 1 is 1.11 bits per heavy atom. The van der Waals surface area contributed by atoms with Crippen molar-refractivity contribution in [1.29, 1.82) is 0 Å². The molecule has 108 valence electrons. The predicted molar refractivity (Wildman–Crippen MR) is 82.6 cm³/mol. The second kappa shape index (κ2) is 7.66. The minimum Gasteiger partial charge on any atom is -0.374 e. The van der Waals surface area contributed by atoms with Crippen LogP contribution in [0.5, 0.6) is 0 Å². The monoisotopic (exact) mass is 263 g/mol. The molecule has 0 aromatic heterocycles. The van der Waals surface area contributed by atoms with Crippen molar-refractivity contribution in [2.75, 3.05) is 13.2 Å². The Hall–Kier alpha value is -0.860. The number of nitrogens with one attached hydrogen (secondary N) is 1. The van der Waals surface area contributed by atoms with Gasteiger partial charge in [0, 0.05) is 6.61 Å². The lowest BCUT2D eigenvalue weighted by Gasteiger charge is -2.35. The molecule has 1 aromatic carbocycles. The van der Waals surface area contributed by atoms with E-state index in [9.17, 15) is 0 Å². The van der Waals surface area contributed by atoms with Gasteiger partial charge < -0.3 is 10.1 Å². The van der Waals surface area contributed by atoms with E-state index in [1.807, 2.05) is 0 Å². The molecule has 1 unspecified atom stereocenters. The number of likely N-dealkylation sites (N-methyl/N-ethyl adjacent to an activating group) is 1. The Morgan fingerprint density at radius 2 is 1.74 bits per heavy atom. The van der Waals surface area contributed by atoms with Crippen LogP contribution in [-0.4, -0.2) is 18.8 Å². The van der Waals surface area contributed by atoms with Crippen LogP contribution in [0.25, 0.3) is 0 Å². The average Bonchev–Trinajstić information content (AvgIpc) is 2.37. The van der Waals surface area contributed by atoms with E-state index in [0.29, 0.717) is 0 Å². The summed E-state index contributed by atoms with van der Waals surface area (Å²) in [5.74, 6) is 0. The Morgan fingerprint density at radius 3 is 2.21 bits per heavy atom. The number of aryl methyl sites for hydroxylation is 1. The summed E-state index contributed by atoms with van der Waals surface area (Å²) in [6, 6.07) is 9.18. The van der Waals surface area contributed by atoms with Gasteiger partial charge in [0.05, 0.1) is 11.6 Å². The molecule has 0 saturated carbocycles. The number of hydrogen-bond acceptors (Lipinski definition) is 2. The maximum absolute atomic E-state index is 5.91. The maximum atomic E-state index is 5.91. The minimum absolute atomic E-state index is 0.197. The molecule has 2 nitrogen and oxygen atoms in total. The summed E-state index contributed by atoms with van der Waals surface area (Å²) in [5.41, 5.74) is 2.52. The molecule has 0 bridgehead atoms. The van der Waals surface area contributed by atoms with E-state index in [0.717, 1.165) is 19.6 Å². The Bertz CT molecular complexity index is 356. The molecule has 0 amide bonds. The molecule has 0 fully saturated rings. The van der Waals surface area contributed by atoms with E-state index < -0.39 is 0 Å². The molecule has 0 heterocycles. The SMILES string of the molecule is CCCc1ccc(C(NCC)C(C)(C)OCC)cc1. The molecule has 19 heavy (non-hydrogen) atoms. The topological polar surface area (TPSA) is 21.3 Å². The molecule has 0 spiro atoms. The second-order valence-electron chi connectivity index (χ2n) is 5.52. The standard InChI is InChI=1S/C17H29NO/c1-6-9-14-10-12-15(13-11-14)16(18-7-2)17(4,5)19-8-3/h10-13,16,18H,6-9H2,1-5H3. The van der Waals surface area contributed by atoms with Gasteiger partial charge >= 0.3 is 0 Å².